The molecular formula is C22H19F2NO5S2. The lowest BCUT2D eigenvalue weighted by Gasteiger charge is -2.34. The average molecular weight is 480 g/mol. The fraction of sp³-hybridized carbons (Fsp3) is 0.136. The third-order valence-electron chi connectivity index (χ3n) is 5.40. The molecule has 0 saturated carbocycles. The minimum absolute atomic E-state index is 0.0184. The molecule has 10 heteroatoms. The van der Waals surface area contributed by atoms with Crippen LogP contribution in [-0.2, 0) is 21.1 Å². The molecular weight excluding hydrogens is 460 g/mol. The molecule has 0 saturated heterocycles. The minimum Gasteiger partial charge on any atom is -0.368 e. The maximum absolute atomic E-state index is 13.7. The summed E-state index contributed by atoms with van der Waals surface area (Å²) in [6.45, 7) is 0. The lowest BCUT2D eigenvalue weighted by atomic mass is 9.96. The molecule has 168 valence electrons. The Balaban J connectivity index is 1.95. The quantitative estimate of drug-likeness (QED) is 0.510. The van der Waals surface area contributed by atoms with Crippen molar-refractivity contribution in [1.82, 2.24) is 0 Å². The first-order chi connectivity index (χ1) is 15.0. The first-order valence-corrected chi connectivity index (χ1v) is 12.6. The van der Waals surface area contributed by atoms with E-state index in [-0.39, 0.29) is 27.3 Å². The second-order valence-electron chi connectivity index (χ2n) is 7.48. The van der Waals surface area contributed by atoms with E-state index in [2.05, 4.69) is 0 Å². The molecule has 6 nitrogen and oxygen atoms in total. The Morgan fingerprint density at radius 2 is 1.59 bits per heavy atom. The van der Waals surface area contributed by atoms with Gasteiger partial charge in [0.25, 0.3) is 0 Å². The largest absolute Gasteiger partial charge is 0.368 e. The van der Waals surface area contributed by atoms with Crippen LogP contribution < -0.4 is 5.73 Å². The number of nitrogens with two attached hydrogens (primary N) is 1. The highest BCUT2D eigenvalue weighted by molar-refractivity contribution is 8.26. The minimum atomic E-state index is -4.30. The average Bonchev–Trinajstić information content (AvgIpc) is 2.97. The predicted molar refractivity (Wildman–Crippen MR) is 116 cm³/mol. The Labute approximate surface area is 185 Å². The van der Waals surface area contributed by atoms with Crippen molar-refractivity contribution >= 4 is 26.3 Å². The smallest absolute Gasteiger partial charge is 0.241 e. The summed E-state index contributed by atoms with van der Waals surface area (Å²) in [6.07, 6.45) is -0.0976. The van der Waals surface area contributed by atoms with Gasteiger partial charge in [-0.3, -0.25) is 13.9 Å². The van der Waals surface area contributed by atoms with E-state index in [1.54, 1.807) is 6.07 Å². The Hall–Kier alpha value is -2.79. The first-order valence-electron chi connectivity index (χ1n) is 9.45. The number of fused-ring (bicyclic) bond motifs is 1. The highest BCUT2D eigenvalue weighted by Crippen LogP contribution is 2.67. The monoisotopic (exact) mass is 479 g/mol. The van der Waals surface area contributed by atoms with E-state index in [0.717, 1.165) is 12.1 Å². The van der Waals surface area contributed by atoms with Gasteiger partial charge in [0.1, 0.15) is 16.9 Å². The predicted octanol–water partition coefficient (Wildman–Crippen LogP) is 4.05. The number of benzene rings is 3. The van der Waals surface area contributed by atoms with E-state index in [9.17, 15) is 31.1 Å². The summed E-state index contributed by atoms with van der Waals surface area (Å²) in [5.41, 5.74) is 5.98. The fourth-order valence-electron chi connectivity index (χ4n) is 4.11. The van der Waals surface area contributed by atoms with Gasteiger partial charge in [0.05, 0.1) is 9.79 Å². The van der Waals surface area contributed by atoms with Crippen molar-refractivity contribution in [2.24, 2.45) is 5.73 Å². The van der Waals surface area contributed by atoms with Gasteiger partial charge in [0, 0.05) is 6.07 Å². The molecule has 2 unspecified atom stereocenters. The Morgan fingerprint density at radius 1 is 0.969 bits per heavy atom. The van der Waals surface area contributed by atoms with Crippen LogP contribution in [0.5, 0.6) is 0 Å². The standard InChI is InChI=1S/C22H19F2NO5S2/c23-15-10-13(11-16(24)12-15)9-14-5-4-8-18-19(14)20(21(22(25)26)32(18,29)30)31(27,28)17-6-2-1-3-7-17/h1-8,10-12,20-21,29-30H,9H2,(H2,25,26). The zero-order valence-electron chi connectivity index (χ0n) is 16.5. The van der Waals surface area contributed by atoms with Gasteiger partial charge in [-0.15, -0.1) is 0 Å². The number of sulfone groups is 1. The molecule has 2 atom stereocenters. The summed E-state index contributed by atoms with van der Waals surface area (Å²) in [7, 11) is -8.22. The van der Waals surface area contributed by atoms with Crippen LogP contribution in [0.1, 0.15) is 21.9 Å². The van der Waals surface area contributed by atoms with Gasteiger partial charge < -0.3 is 5.73 Å². The van der Waals surface area contributed by atoms with Gasteiger partial charge in [-0.05, 0) is 53.4 Å². The first kappa shape index (κ1) is 22.4. The van der Waals surface area contributed by atoms with Crippen LogP contribution >= 0.6 is 10.6 Å². The van der Waals surface area contributed by atoms with Crippen molar-refractivity contribution in [2.45, 2.75) is 26.7 Å². The van der Waals surface area contributed by atoms with Crippen LogP contribution in [0.2, 0.25) is 0 Å². The molecule has 0 radical (unpaired) electrons. The topological polar surface area (TPSA) is 118 Å². The highest BCUT2D eigenvalue weighted by Gasteiger charge is 2.55. The molecule has 1 aliphatic rings. The number of rotatable bonds is 5. The molecule has 0 spiro atoms. The van der Waals surface area contributed by atoms with Crippen LogP contribution in [0.15, 0.2) is 76.5 Å². The molecule has 1 amide bonds. The van der Waals surface area contributed by atoms with Crippen LogP contribution in [0.3, 0.4) is 0 Å². The van der Waals surface area contributed by atoms with Crippen LogP contribution in [0, 0.1) is 11.6 Å². The van der Waals surface area contributed by atoms with E-state index in [0.29, 0.717) is 11.6 Å². The summed E-state index contributed by atoms with van der Waals surface area (Å²) in [6, 6.07) is 14.5. The number of halogens is 2. The van der Waals surface area contributed by atoms with Crippen LogP contribution in [-0.4, -0.2) is 28.7 Å². The molecule has 3 aromatic carbocycles. The SMILES string of the molecule is NC(=O)C1C(S(=O)(=O)c2ccccc2)c2c(Cc3cc(F)cc(F)c3)cccc2S1(O)O. The Morgan fingerprint density at radius 3 is 2.19 bits per heavy atom. The number of hydrogen-bond acceptors (Lipinski definition) is 5. The van der Waals surface area contributed by atoms with Gasteiger partial charge in [0.15, 0.2) is 15.1 Å². The van der Waals surface area contributed by atoms with Crippen molar-refractivity contribution in [3.8, 4) is 0 Å². The number of carbonyl (C=O) groups excluding carboxylic acids is 1. The molecule has 0 aromatic heterocycles. The molecule has 4 N–H and O–H groups in total. The second-order valence-corrected chi connectivity index (χ2v) is 11.7. The van der Waals surface area contributed by atoms with Crippen molar-refractivity contribution in [3.05, 3.63) is 95.1 Å². The van der Waals surface area contributed by atoms with E-state index in [4.69, 9.17) is 5.73 Å². The summed E-state index contributed by atoms with van der Waals surface area (Å²) in [5.74, 6) is -2.78. The molecule has 1 aliphatic heterocycles. The zero-order valence-corrected chi connectivity index (χ0v) is 18.1. The lowest BCUT2D eigenvalue weighted by Crippen LogP contribution is -2.37. The molecule has 0 fully saturated rings. The van der Waals surface area contributed by atoms with E-state index in [1.165, 1.54) is 42.5 Å². The van der Waals surface area contributed by atoms with Crippen molar-refractivity contribution in [2.75, 3.05) is 0 Å². The molecule has 0 aliphatic carbocycles. The zero-order chi connectivity index (χ0) is 23.3. The maximum atomic E-state index is 13.7. The van der Waals surface area contributed by atoms with Crippen LogP contribution in [0.4, 0.5) is 8.78 Å². The summed E-state index contributed by atoms with van der Waals surface area (Å²) in [5, 5.41) is -3.48. The second kappa shape index (κ2) is 7.96. The van der Waals surface area contributed by atoms with Gasteiger partial charge in [-0.2, -0.15) is 10.6 Å². The van der Waals surface area contributed by atoms with Crippen molar-refractivity contribution in [1.29, 1.82) is 0 Å². The van der Waals surface area contributed by atoms with Gasteiger partial charge in [-0.25, -0.2) is 17.2 Å². The molecule has 32 heavy (non-hydrogen) atoms. The van der Waals surface area contributed by atoms with E-state index < -0.39 is 48.5 Å². The normalized spacial score (nSPS) is 20.5. The van der Waals surface area contributed by atoms with Gasteiger partial charge in [0.2, 0.25) is 5.91 Å². The molecule has 1 heterocycles. The van der Waals surface area contributed by atoms with Gasteiger partial charge in [-0.1, -0.05) is 30.3 Å². The van der Waals surface area contributed by atoms with E-state index >= 15 is 0 Å². The Bertz CT molecular complexity index is 1290. The number of amides is 1. The molecule has 3 aromatic rings. The van der Waals surface area contributed by atoms with E-state index in [1.807, 2.05) is 0 Å². The fourth-order valence-corrected chi connectivity index (χ4v) is 8.90. The molecule has 0 bridgehead atoms. The third kappa shape index (κ3) is 3.69. The maximum Gasteiger partial charge on any atom is 0.241 e. The molecule has 4 rings (SSSR count). The van der Waals surface area contributed by atoms with Gasteiger partial charge >= 0.3 is 0 Å². The highest BCUT2D eigenvalue weighted by atomic mass is 32.3. The third-order valence-corrected chi connectivity index (χ3v) is 9.89. The summed E-state index contributed by atoms with van der Waals surface area (Å²) >= 11 is 0. The summed E-state index contributed by atoms with van der Waals surface area (Å²) < 4.78 is 76.4. The lowest BCUT2D eigenvalue weighted by molar-refractivity contribution is -0.117. The number of primary amides is 1. The number of carbonyl (C=O) groups is 1. The summed E-state index contributed by atoms with van der Waals surface area (Å²) in [4.78, 5) is 12.1. The van der Waals surface area contributed by atoms with Crippen molar-refractivity contribution in [3.63, 3.8) is 0 Å². The van der Waals surface area contributed by atoms with Crippen LogP contribution in [0.25, 0.3) is 0 Å². The number of hydrogen-bond donors (Lipinski definition) is 3. The Kier molecular flexibility index (Phi) is 5.58. The van der Waals surface area contributed by atoms with Crippen molar-refractivity contribution < 1.29 is 31.1 Å².